The molecule has 0 heterocycles. The van der Waals surface area contributed by atoms with E-state index >= 15 is 0 Å². The van der Waals surface area contributed by atoms with Crippen molar-refractivity contribution >= 4 is 24.4 Å². The second kappa shape index (κ2) is 13.9. The van der Waals surface area contributed by atoms with Crippen LogP contribution in [0.3, 0.4) is 0 Å². The number of hydrogen-bond donors (Lipinski definition) is 2. The number of alkyl carbamates (subject to hydrolysis) is 1. The Kier molecular flexibility index (Phi) is 11.0. The molecule has 0 saturated heterocycles. The fraction of sp³-hybridized carbons (Fsp3) is 0.394. The Morgan fingerprint density at radius 1 is 0.932 bits per heavy atom. The standard InChI is InChI=1S/C33H40F3N2O5P/c1-8-44(41,9-2)29-18-24(15-17-28(29)42-7)30(39)38-21(3)22-10-12-23(13-11-22)27-19-26(33(34,35)36)16-14-25(27)20-37-31(40)43-32(4,5)6/h10-19,21H,8-9,20H2,1-7H3,(H,37,40)(H,38,39)/t21-/m1/s1. The Morgan fingerprint density at radius 3 is 2.11 bits per heavy atom. The summed E-state index contributed by atoms with van der Waals surface area (Å²) >= 11 is 0. The number of rotatable bonds is 10. The first-order valence-corrected chi connectivity index (χ1v) is 16.4. The summed E-state index contributed by atoms with van der Waals surface area (Å²) in [4.78, 5) is 25.3. The predicted molar refractivity (Wildman–Crippen MR) is 167 cm³/mol. The summed E-state index contributed by atoms with van der Waals surface area (Å²) in [6, 6.07) is 14.6. The summed E-state index contributed by atoms with van der Waals surface area (Å²) in [6.07, 6.45) is -4.34. The Labute approximate surface area is 256 Å². The van der Waals surface area contributed by atoms with Gasteiger partial charge in [0.05, 0.1) is 24.0 Å². The molecule has 0 fully saturated rings. The molecule has 0 bridgehead atoms. The molecule has 0 aliphatic rings. The number of benzene rings is 3. The predicted octanol–water partition coefficient (Wildman–Crippen LogP) is 7.92. The molecule has 0 aliphatic heterocycles. The van der Waals surface area contributed by atoms with Crippen LogP contribution in [0.5, 0.6) is 5.75 Å². The van der Waals surface area contributed by atoms with Gasteiger partial charge in [-0.3, -0.25) is 4.79 Å². The molecule has 2 amide bonds. The van der Waals surface area contributed by atoms with Crippen LogP contribution >= 0.6 is 7.14 Å². The van der Waals surface area contributed by atoms with E-state index in [2.05, 4.69) is 10.6 Å². The van der Waals surface area contributed by atoms with Crippen LogP contribution in [-0.2, 0) is 22.0 Å². The normalized spacial score (nSPS) is 12.8. The molecule has 1 atom stereocenters. The highest BCUT2D eigenvalue weighted by Crippen LogP contribution is 2.46. The summed E-state index contributed by atoms with van der Waals surface area (Å²) in [5, 5.41) is 6.07. The molecule has 3 aromatic rings. The van der Waals surface area contributed by atoms with E-state index < -0.39 is 36.6 Å². The highest BCUT2D eigenvalue weighted by Gasteiger charge is 2.31. The van der Waals surface area contributed by atoms with Crippen LogP contribution < -0.4 is 20.7 Å². The molecular formula is C33H40F3N2O5P. The van der Waals surface area contributed by atoms with E-state index in [-0.39, 0.29) is 12.5 Å². The van der Waals surface area contributed by atoms with E-state index in [0.29, 0.717) is 45.6 Å². The highest BCUT2D eigenvalue weighted by atomic mass is 31.2. The van der Waals surface area contributed by atoms with Crippen LogP contribution in [0.4, 0.5) is 18.0 Å². The van der Waals surface area contributed by atoms with Crippen LogP contribution in [0.2, 0.25) is 0 Å². The molecule has 0 unspecified atom stereocenters. The zero-order chi connectivity index (χ0) is 32.9. The molecule has 44 heavy (non-hydrogen) atoms. The van der Waals surface area contributed by atoms with Gasteiger partial charge in [-0.25, -0.2) is 4.79 Å². The minimum atomic E-state index is -4.55. The van der Waals surface area contributed by atoms with Gasteiger partial charge in [0, 0.05) is 24.4 Å². The Morgan fingerprint density at radius 2 is 1.57 bits per heavy atom. The third-order valence-electron chi connectivity index (χ3n) is 7.23. The number of halogens is 3. The van der Waals surface area contributed by atoms with E-state index in [1.807, 2.05) is 13.8 Å². The number of methoxy groups -OCH3 is 1. The Bertz CT molecular complexity index is 1520. The van der Waals surface area contributed by atoms with Gasteiger partial charge in [0.1, 0.15) is 18.5 Å². The number of nitrogens with one attached hydrogen (secondary N) is 2. The molecular weight excluding hydrogens is 592 g/mol. The van der Waals surface area contributed by atoms with Crippen LogP contribution in [0.15, 0.2) is 60.7 Å². The minimum absolute atomic E-state index is 0.0383. The monoisotopic (exact) mass is 632 g/mol. The molecule has 0 saturated carbocycles. The number of carbonyl (C=O) groups is 2. The molecule has 238 valence electrons. The van der Waals surface area contributed by atoms with Crippen LogP contribution in [0.1, 0.15) is 74.6 Å². The summed E-state index contributed by atoms with van der Waals surface area (Å²) in [6.45, 7) is 10.6. The summed E-state index contributed by atoms with van der Waals surface area (Å²) in [7, 11) is -1.23. The van der Waals surface area contributed by atoms with Crippen molar-refractivity contribution in [1.82, 2.24) is 10.6 Å². The quantitative estimate of drug-likeness (QED) is 0.222. The van der Waals surface area contributed by atoms with E-state index in [9.17, 15) is 27.3 Å². The number of amides is 2. The minimum Gasteiger partial charge on any atom is -0.496 e. The lowest BCUT2D eigenvalue weighted by Crippen LogP contribution is -2.32. The molecule has 3 aromatic carbocycles. The van der Waals surface area contributed by atoms with E-state index in [0.717, 1.165) is 17.7 Å². The largest absolute Gasteiger partial charge is 0.496 e. The average Bonchev–Trinajstić information content (AvgIpc) is 2.97. The van der Waals surface area contributed by atoms with Gasteiger partial charge < -0.3 is 24.7 Å². The topological polar surface area (TPSA) is 93.7 Å². The van der Waals surface area contributed by atoms with Gasteiger partial charge in [0.25, 0.3) is 5.91 Å². The summed E-state index contributed by atoms with van der Waals surface area (Å²) in [5.74, 6) is 0.116. The van der Waals surface area contributed by atoms with E-state index in [1.54, 1.807) is 70.2 Å². The van der Waals surface area contributed by atoms with Crippen molar-refractivity contribution in [2.24, 2.45) is 0 Å². The van der Waals surface area contributed by atoms with Gasteiger partial charge in [-0.1, -0.05) is 44.2 Å². The maximum atomic E-state index is 13.6. The van der Waals surface area contributed by atoms with Crippen molar-refractivity contribution in [2.75, 3.05) is 19.4 Å². The van der Waals surface area contributed by atoms with E-state index in [1.165, 1.54) is 13.2 Å². The first-order valence-electron chi connectivity index (χ1n) is 14.4. The molecule has 0 radical (unpaired) electrons. The van der Waals surface area contributed by atoms with Crippen molar-refractivity contribution < 1.29 is 36.8 Å². The molecule has 0 aromatic heterocycles. The Hall–Kier alpha value is -3.78. The lowest BCUT2D eigenvalue weighted by Gasteiger charge is -2.21. The van der Waals surface area contributed by atoms with E-state index in [4.69, 9.17) is 9.47 Å². The molecule has 2 N–H and O–H groups in total. The van der Waals surface area contributed by atoms with Gasteiger partial charge >= 0.3 is 12.3 Å². The molecule has 3 rings (SSSR count). The van der Waals surface area contributed by atoms with Gasteiger partial charge in [-0.15, -0.1) is 0 Å². The zero-order valence-corrected chi connectivity index (χ0v) is 27.0. The maximum Gasteiger partial charge on any atom is 0.416 e. The number of hydrogen-bond acceptors (Lipinski definition) is 5. The van der Waals surface area contributed by atoms with Crippen molar-refractivity contribution in [3.05, 3.63) is 82.9 Å². The second-order valence-corrected chi connectivity index (χ2v) is 15.0. The van der Waals surface area contributed by atoms with Crippen molar-refractivity contribution in [3.63, 3.8) is 0 Å². The molecule has 0 aliphatic carbocycles. The number of alkyl halides is 3. The molecule has 7 nitrogen and oxygen atoms in total. The number of carbonyl (C=O) groups excluding carboxylic acids is 2. The van der Waals surface area contributed by atoms with Gasteiger partial charge in [0.15, 0.2) is 0 Å². The van der Waals surface area contributed by atoms with Crippen molar-refractivity contribution in [2.45, 2.75) is 65.9 Å². The summed E-state index contributed by atoms with van der Waals surface area (Å²) in [5.41, 5.74) is 0.826. The zero-order valence-electron chi connectivity index (χ0n) is 26.1. The maximum absolute atomic E-state index is 13.6. The first kappa shape index (κ1) is 34.7. The van der Waals surface area contributed by atoms with Gasteiger partial charge in [-0.2, -0.15) is 13.2 Å². The lowest BCUT2D eigenvalue weighted by atomic mass is 9.95. The molecule has 11 heteroatoms. The van der Waals surface area contributed by atoms with Gasteiger partial charge in [0.2, 0.25) is 0 Å². The fourth-order valence-electron chi connectivity index (χ4n) is 4.69. The third-order valence-corrected chi connectivity index (χ3v) is 10.5. The first-order chi connectivity index (χ1) is 20.5. The highest BCUT2D eigenvalue weighted by molar-refractivity contribution is 7.71. The molecule has 0 spiro atoms. The Balaban J connectivity index is 1.85. The second-order valence-electron chi connectivity index (χ2n) is 11.5. The fourth-order valence-corrected chi connectivity index (χ4v) is 6.76. The smallest absolute Gasteiger partial charge is 0.416 e. The van der Waals surface area contributed by atoms with Gasteiger partial charge in [-0.05, 0) is 80.3 Å². The van der Waals surface area contributed by atoms with Crippen molar-refractivity contribution in [3.8, 4) is 16.9 Å². The third kappa shape index (κ3) is 8.65. The lowest BCUT2D eigenvalue weighted by molar-refractivity contribution is -0.137. The van der Waals surface area contributed by atoms with Crippen LogP contribution in [-0.4, -0.2) is 37.0 Å². The summed E-state index contributed by atoms with van der Waals surface area (Å²) < 4.78 is 64.8. The SMILES string of the molecule is CCP(=O)(CC)c1cc(C(=O)N[C@H](C)c2ccc(-c3cc(C(F)(F)F)ccc3CNC(=O)OC(C)(C)C)cc2)ccc1OC. The average molecular weight is 633 g/mol. The van der Waals surface area contributed by atoms with Crippen LogP contribution in [0, 0.1) is 0 Å². The van der Waals surface area contributed by atoms with Crippen LogP contribution in [0.25, 0.3) is 11.1 Å². The van der Waals surface area contributed by atoms with Crippen molar-refractivity contribution in [1.29, 1.82) is 0 Å². The number of ether oxygens (including phenoxy) is 2.